The van der Waals surface area contributed by atoms with Gasteiger partial charge in [-0.2, -0.15) is 0 Å². The van der Waals surface area contributed by atoms with Gasteiger partial charge in [-0.25, -0.2) is 4.39 Å². The predicted octanol–water partition coefficient (Wildman–Crippen LogP) is 4.40. The number of benzene rings is 2. The van der Waals surface area contributed by atoms with Gasteiger partial charge < -0.3 is 4.74 Å². The smallest absolute Gasteiger partial charge is 0.128 e. The summed E-state index contributed by atoms with van der Waals surface area (Å²) in [4.78, 5) is 0. The van der Waals surface area contributed by atoms with E-state index in [9.17, 15) is 4.39 Å². The van der Waals surface area contributed by atoms with Crippen molar-refractivity contribution in [1.82, 2.24) is 0 Å². The maximum absolute atomic E-state index is 13.9. The number of aryl methyl sites for hydroxylation is 1. The number of alkyl halides is 1. The molecule has 3 rings (SSSR count). The summed E-state index contributed by atoms with van der Waals surface area (Å²) in [5.74, 6) is 0.652. The average Bonchev–Trinajstić information content (AvgIpc) is 2.88. The molecular weight excluding hydrogens is 263 g/mol. The van der Waals surface area contributed by atoms with Crippen LogP contribution in [0.3, 0.4) is 0 Å². The van der Waals surface area contributed by atoms with E-state index in [2.05, 4.69) is 0 Å². The summed E-state index contributed by atoms with van der Waals surface area (Å²) in [6.07, 6.45) is 0.892. The van der Waals surface area contributed by atoms with Gasteiger partial charge in [0, 0.05) is 12.0 Å². The minimum Gasteiger partial charge on any atom is -0.493 e. The number of ether oxygens (including phenoxy) is 1. The maximum Gasteiger partial charge on any atom is 0.128 e. The molecule has 98 valence electrons. The lowest BCUT2D eigenvalue weighted by atomic mass is 9.99. The van der Waals surface area contributed by atoms with Crippen LogP contribution in [0.4, 0.5) is 4.39 Å². The topological polar surface area (TPSA) is 9.23 Å². The van der Waals surface area contributed by atoms with Crippen LogP contribution in [-0.4, -0.2) is 6.61 Å². The van der Waals surface area contributed by atoms with Gasteiger partial charge in [0.1, 0.15) is 11.6 Å². The number of hydrogen-bond donors (Lipinski definition) is 0. The van der Waals surface area contributed by atoms with E-state index >= 15 is 0 Å². The summed E-state index contributed by atoms with van der Waals surface area (Å²) >= 11 is 6.43. The normalized spacial score (nSPS) is 14.9. The maximum atomic E-state index is 13.9. The molecule has 2 aromatic carbocycles. The van der Waals surface area contributed by atoms with E-state index in [1.54, 1.807) is 12.1 Å². The minimum atomic E-state index is -0.467. The van der Waals surface area contributed by atoms with Crippen molar-refractivity contribution >= 4 is 11.6 Å². The van der Waals surface area contributed by atoms with E-state index in [1.165, 1.54) is 6.07 Å². The quantitative estimate of drug-likeness (QED) is 0.739. The molecule has 0 aromatic heterocycles. The van der Waals surface area contributed by atoms with E-state index in [4.69, 9.17) is 16.3 Å². The molecule has 3 heteroatoms. The van der Waals surface area contributed by atoms with Crippen LogP contribution in [0.25, 0.3) is 0 Å². The number of halogens is 2. The molecule has 0 spiro atoms. The Morgan fingerprint density at radius 3 is 2.89 bits per heavy atom. The van der Waals surface area contributed by atoms with Gasteiger partial charge in [0.2, 0.25) is 0 Å². The Hall–Kier alpha value is -1.54. The third kappa shape index (κ3) is 2.33. The van der Waals surface area contributed by atoms with Crippen molar-refractivity contribution < 1.29 is 9.13 Å². The minimum absolute atomic E-state index is 0.262. The molecule has 1 heterocycles. The van der Waals surface area contributed by atoms with Crippen LogP contribution < -0.4 is 4.74 Å². The van der Waals surface area contributed by atoms with Gasteiger partial charge in [0.15, 0.2) is 0 Å². The van der Waals surface area contributed by atoms with Crippen LogP contribution in [-0.2, 0) is 6.42 Å². The first-order valence-corrected chi connectivity index (χ1v) is 6.74. The Bertz CT molecular complexity index is 624. The zero-order valence-corrected chi connectivity index (χ0v) is 11.4. The van der Waals surface area contributed by atoms with Gasteiger partial charge in [-0.1, -0.05) is 29.8 Å². The third-order valence-electron chi connectivity index (χ3n) is 3.43. The number of hydrogen-bond acceptors (Lipinski definition) is 1. The third-order valence-corrected chi connectivity index (χ3v) is 3.92. The lowest BCUT2D eigenvalue weighted by Crippen LogP contribution is -1.98. The van der Waals surface area contributed by atoms with Crippen molar-refractivity contribution in [2.45, 2.75) is 18.7 Å². The zero-order chi connectivity index (χ0) is 13.4. The summed E-state index contributed by atoms with van der Waals surface area (Å²) in [6, 6.07) is 10.9. The van der Waals surface area contributed by atoms with Crippen molar-refractivity contribution in [3.63, 3.8) is 0 Å². The molecule has 2 aromatic rings. The van der Waals surface area contributed by atoms with Gasteiger partial charge in [0.25, 0.3) is 0 Å². The Morgan fingerprint density at radius 2 is 2.05 bits per heavy atom. The Balaban J connectivity index is 1.99. The molecule has 0 saturated heterocycles. The van der Waals surface area contributed by atoms with Crippen molar-refractivity contribution in [3.05, 3.63) is 64.5 Å². The highest BCUT2D eigenvalue weighted by Crippen LogP contribution is 2.35. The summed E-state index contributed by atoms with van der Waals surface area (Å²) in [7, 11) is 0. The summed E-state index contributed by atoms with van der Waals surface area (Å²) in [5, 5.41) is -0.467. The molecule has 0 aliphatic carbocycles. The van der Waals surface area contributed by atoms with Crippen LogP contribution in [0.1, 0.15) is 27.6 Å². The van der Waals surface area contributed by atoms with E-state index in [0.717, 1.165) is 28.9 Å². The van der Waals surface area contributed by atoms with Crippen LogP contribution in [0.2, 0.25) is 0 Å². The molecule has 0 amide bonds. The molecule has 1 atom stereocenters. The summed E-state index contributed by atoms with van der Waals surface area (Å²) in [5.41, 5.74) is 3.60. The average molecular weight is 277 g/mol. The molecule has 19 heavy (non-hydrogen) atoms. The Kier molecular flexibility index (Phi) is 3.19. The van der Waals surface area contributed by atoms with E-state index in [-0.39, 0.29) is 5.82 Å². The van der Waals surface area contributed by atoms with Gasteiger partial charge in [0.05, 0.1) is 12.0 Å². The molecule has 0 bridgehead atoms. The van der Waals surface area contributed by atoms with Crippen molar-refractivity contribution in [3.8, 4) is 5.75 Å². The lowest BCUT2D eigenvalue weighted by Gasteiger charge is -2.13. The van der Waals surface area contributed by atoms with Crippen LogP contribution >= 0.6 is 11.6 Å². The van der Waals surface area contributed by atoms with Crippen LogP contribution in [0.15, 0.2) is 36.4 Å². The second kappa shape index (κ2) is 4.86. The molecule has 1 unspecified atom stereocenters. The van der Waals surface area contributed by atoms with Gasteiger partial charge in [-0.15, -0.1) is 11.6 Å². The van der Waals surface area contributed by atoms with Crippen LogP contribution in [0, 0.1) is 12.7 Å². The van der Waals surface area contributed by atoms with E-state index in [1.807, 2.05) is 25.1 Å². The Morgan fingerprint density at radius 1 is 1.21 bits per heavy atom. The fourth-order valence-electron chi connectivity index (χ4n) is 2.40. The summed E-state index contributed by atoms with van der Waals surface area (Å²) < 4.78 is 19.3. The molecule has 0 N–H and O–H groups in total. The Labute approximate surface area is 117 Å². The second-order valence-electron chi connectivity index (χ2n) is 4.85. The molecule has 0 fully saturated rings. The first kappa shape index (κ1) is 12.5. The highest BCUT2D eigenvalue weighted by atomic mass is 35.5. The zero-order valence-electron chi connectivity index (χ0n) is 10.6. The highest BCUT2D eigenvalue weighted by Gasteiger charge is 2.19. The fraction of sp³-hybridized carbons (Fsp3) is 0.250. The van der Waals surface area contributed by atoms with Crippen molar-refractivity contribution in [2.75, 3.05) is 6.61 Å². The molecular formula is C16H14ClFO. The molecule has 1 nitrogen and oxygen atoms in total. The van der Waals surface area contributed by atoms with Crippen molar-refractivity contribution in [2.24, 2.45) is 0 Å². The van der Waals surface area contributed by atoms with E-state index in [0.29, 0.717) is 12.2 Å². The number of fused-ring (bicyclic) bond motifs is 1. The standard InChI is InChI=1S/C16H14ClFO/c1-10-2-4-14(18)13(8-10)16(17)12-3-5-15-11(9-12)6-7-19-15/h2-5,8-9,16H,6-7H2,1H3. The fourth-order valence-corrected chi connectivity index (χ4v) is 2.70. The lowest BCUT2D eigenvalue weighted by molar-refractivity contribution is 0.357. The van der Waals surface area contributed by atoms with Crippen LogP contribution in [0.5, 0.6) is 5.75 Å². The highest BCUT2D eigenvalue weighted by molar-refractivity contribution is 6.22. The first-order valence-electron chi connectivity index (χ1n) is 6.31. The molecule has 0 saturated carbocycles. The molecule has 1 aliphatic rings. The van der Waals surface area contributed by atoms with Gasteiger partial charge in [-0.3, -0.25) is 0 Å². The second-order valence-corrected chi connectivity index (χ2v) is 5.29. The first-order chi connectivity index (χ1) is 9.15. The number of rotatable bonds is 2. The monoisotopic (exact) mass is 276 g/mol. The largest absolute Gasteiger partial charge is 0.493 e. The SMILES string of the molecule is Cc1ccc(F)c(C(Cl)c2ccc3c(c2)CCO3)c1. The van der Waals surface area contributed by atoms with Crippen molar-refractivity contribution in [1.29, 1.82) is 0 Å². The molecule has 0 radical (unpaired) electrons. The molecule has 1 aliphatic heterocycles. The predicted molar refractivity (Wildman–Crippen MR) is 74.5 cm³/mol. The van der Waals surface area contributed by atoms with Gasteiger partial charge in [-0.05, 0) is 30.2 Å². The summed E-state index contributed by atoms with van der Waals surface area (Å²) in [6.45, 7) is 2.65. The van der Waals surface area contributed by atoms with E-state index < -0.39 is 5.38 Å². The van der Waals surface area contributed by atoms with Gasteiger partial charge >= 0.3 is 0 Å².